The average Bonchev–Trinajstić information content (AvgIpc) is 3.25. The van der Waals surface area contributed by atoms with E-state index < -0.39 is 0 Å². The van der Waals surface area contributed by atoms with Gasteiger partial charge in [-0.05, 0) is 37.0 Å². The van der Waals surface area contributed by atoms with Crippen LogP contribution in [0.1, 0.15) is 60.8 Å². The highest BCUT2D eigenvalue weighted by Crippen LogP contribution is 2.32. The molecule has 0 N–H and O–H groups in total. The van der Waals surface area contributed by atoms with Gasteiger partial charge in [-0.1, -0.05) is 34.6 Å². The standard InChI is InChI=1S/C18H36O4/c1-7-10-20-15(2)22-14-18(5,6)9-8-17(3,4)13-19-11-16-12-21-16/h15-16H,7-14H2,1-6H3. The largest absolute Gasteiger partial charge is 0.378 e. The van der Waals surface area contributed by atoms with Crippen LogP contribution in [0.3, 0.4) is 0 Å². The van der Waals surface area contributed by atoms with Gasteiger partial charge in [0.05, 0.1) is 26.4 Å². The van der Waals surface area contributed by atoms with Gasteiger partial charge in [0.15, 0.2) is 6.29 Å². The lowest BCUT2D eigenvalue weighted by Gasteiger charge is -2.31. The quantitative estimate of drug-likeness (QED) is 0.380. The predicted octanol–water partition coefficient (Wildman–Crippen LogP) is 4.02. The van der Waals surface area contributed by atoms with Crippen molar-refractivity contribution < 1.29 is 18.9 Å². The van der Waals surface area contributed by atoms with E-state index in [2.05, 4.69) is 34.6 Å². The van der Waals surface area contributed by atoms with E-state index in [0.29, 0.717) is 6.10 Å². The van der Waals surface area contributed by atoms with E-state index in [1.54, 1.807) is 0 Å². The van der Waals surface area contributed by atoms with Crippen LogP contribution < -0.4 is 0 Å². The molecule has 0 aliphatic carbocycles. The van der Waals surface area contributed by atoms with E-state index in [0.717, 1.165) is 52.3 Å². The molecule has 0 bridgehead atoms. The smallest absolute Gasteiger partial charge is 0.154 e. The summed E-state index contributed by atoms with van der Waals surface area (Å²) in [4.78, 5) is 0. The van der Waals surface area contributed by atoms with Crippen LogP contribution in [-0.4, -0.2) is 45.4 Å². The molecule has 1 aliphatic rings. The van der Waals surface area contributed by atoms with Crippen molar-refractivity contribution in [2.24, 2.45) is 10.8 Å². The van der Waals surface area contributed by atoms with Crippen molar-refractivity contribution in [2.45, 2.75) is 73.2 Å². The number of hydrogen-bond acceptors (Lipinski definition) is 4. The number of epoxide rings is 1. The Bertz CT molecular complexity index is 297. The molecule has 2 atom stereocenters. The second kappa shape index (κ2) is 9.21. The van der Waals surface area contributed by atoms with Gasteiger partial charge in [-0.3, -0.25) is 0 Å². The Labute approximate surface area is 136 Å². The minimum Gasteiger partial charge on any atom is -0.378 e. The zero-order chi connectivity index (χ0) is 16.6. The van der Waals surface area contributed by atoms with E-state index in [1.165, 1.54) is 0 Å². The summed E-state index contributed by atoms with van der Waals surface area (Å²) >= 11 is 0. The SMILES string of the molecule is CCCOC(C)OCC(C)(C)CCC(C)(C)COCC1CO1. The Balaban J connectivity index is 2.17. The lowest BCUT2D eigenvalue weighted by molar-refractivity contribution is -0.148. The fraction of sp³-hybridized carbons (Fsp3) is 1.00. The number of hydrogen-bond donors (Lipinski definition) is 0. The molecule has 1 rings (SSSR count). The van der Waals surface area contributed by atoms with Gasteiger partial charge in [0.2, 0.25) is 0 Å². The third-order valence-electron chi connectivity index (χ3n) is 3.94. The molecule has 1 saturated heterocycles. The molecule has 0 amide bonds. The van der Waals surface area contributed by atoms with E-state index >= 15 is 0 Å². The van der Waals surface area contributed by atoms with Crippen LogP contribution in [0.5, 0.6) is 0 Å². The molecule has 4 heteroatoms. The Morgan fingerprint density at radius 1 is 1.05 bits per heavy atom. The van der Waals surface area contributed by atoms with Crippen molar-refractivity contribution in [3.63, 3.8) is 0 Å². The summed E-state index contributed by atoms with van der Waals surface area (Å²) < 4.78 is 22.3. The lowest BCUT2D eigenvalue weighted by atomic mass is 9.80. The monoisotopic (exact) mass is 316 g/mol. The molecule has 0 aromatic heterocycles. The summed E-state index contributed by atoms with van der Waals surface area (Å²) in [5.74, 6) is 0. The zero-order valence-electron chi connectivity index (χ0n) is 15.4. The minimum absolute atomic E-state index is 0.117. The molecule has 1 fully saturated rings. The van der Waals surface area contributed by atoms with E-state index in [1.807, 2.05) is 6.92 Å². The van der Waals surface area contributed by atoms with Crippen LogP contribution in [0.2, 0.25) is 0 Å². The first-order valence-electron chi connectivity index (χ1n) is 8.67. The molecule has 132 valence electrons. The maximum absolute atomic E-state index is 5.82. The van der Waals surface area contributed by atoms with Crippen LogP contribution in [0.15, 0.2) is 0 Å². The van der Waals surface area contributed by atoms with Crippen molar-refractivity contribution in [1.82, 2.24) is 0 Å². The first-order chi connectivity index (χ1) is 10.2. The molecule has 1 aliphatic heterocycles. The topological polar surface area (TPSA) is 40.2 Å². The van der Waals surface area contributed by atoms with E-state index in [4.69, 9.17) is 18.9 Å². The molecule has 4 nitrogen and oxygen atoms in total. The van der Waals surface area contributed by atoms with Gasteiger partial charge in [-0.15, -0.1) is 0 Å². The van der Waals surface area contributed by atoms with Gasteiger partial charge in [0, 0.05) is 6.61 Å². The average molecular weight is 316 g/mol. The second-order valence-corrected chi connectivity index (χ2v) is 8.05. The molecular formula is C18H36O4. The minimum atomic E-state index is -0.117. The highest BCUT2D eigenvalue weighted by atomic mass is 16.7. The van der Waals surface area contributed by atoms with E-state index in [-0.39, 0.29) is 17.1 Å². The van der Waals surface area contributed by atoms with Crippen molar-refractivity contribution in [3.05, 3.63) is 0 Å². The van der Waals surface area contributed by atoms with Gasteiger partial charge < -0.3 is 18.9 Å². The maximum atomic E-state index is 5.82. The Kier molecular flexibility index (Phi) is 8.33. The number of rotatable bonds is 13. The summed E-state index contributed by atoms with van der Waals surface area (Å²) in [7, 11) is 0. The molecule has 0 spiro atoms. The maximum Gasteiger partial charge on any atom is 0.154 e. The second-order valence-electron chi connectivity index (χ2n) is 8.05. The van der Waals surface area contributed by atoms with Crippen molar-refractivity contribution in [3.8, 4) is 0 Å². The molecule has 2 unspecified atom stereocenters. The predicted molar refractivity (Wildman–Crippen MR) is 89.0 cm³/mol. The summed E-state index contributed by atoms with van der Waals surface area (Å²) in [5, 5.41) is 0. The Hall–Kier alpha value is -0.160. The first kappa shape index (κ1) is 19.9. The highest BCUT2D eigenvalue weighted by Gasteiger charge is 2.27. The van der Waals surface area contributed by atoms with Crippen molar-refractivity contribution >= 4 is 0 Å². The fourth-order valence-corrected chi connectivity index (χ4v) is 2.13. The third kappa shape index (κ3) is 9.78. The summed E-state index contributed by atoms with van der Waals surface area (Å²) in [6.45, 7) is 17.0. The Morgan fingerprint density at radius 2 is 1.64 bits per heavy atom. The molecule has 0 saturated carbocycles. The first-order valence-corrected chi connectivity index (χ1v) is 8.67. The van der Waals surface area contributed by atoms with Gasteiger partial charge in [-0.25, -0.2) is 0 Å². The molecule has 22 heavy (non-hydrogen) atoms. The normalized spacial score (nSPS) is 20.2. The zero-order valence-corrected chi connectivity index (χ0v) is 15.4. The molecule has 1 heterocycles. The van der Waals surface area contributed by atoms with Gasteiger partial charge in [0.1, 0.15) is 6.10 Å². The highest BCUT2D eigenvalue weighted by molar-refractivity contribution is 4.76. The lowest BCUT2D eigenvalue weighted by Crippen LogP contribution is -2.28. The van der Waals surface area contributed by atoms with Crippen molar-refractivity contribution in [2.75, 3.05) is 33.0 Å². The molecule has 0 radical (unpaired) electrons. The van der Waals surface area contributed by atoms with E-state index in [9.17, 15) is 0 Å². The van der Waals surface area contributed by atoms with Crippen molar-refractivity contribution in [1.29, 1.82) is 0 Å². The van der Waals surface area contributed by atoms with Crippen LogP contribution in [0.25, 0.3) is 0 Å². The molecule has 0 aromatic carbocycles. The summed E-state index contributed by atoms with van der Waals surface area (Å²) in [6.07, 6.45) is 3.50. The van der Waals surface area contributed by atoms with Crippen LogP contribution in [-0.2, 0) is 18.9 Å². The molecular weight excluding hydrogens is 280 g/mol. The summed E-state index contributed by atoms with van der Waals surface area (Å²) in [5.41, 5.74) is 0.344. The van der Waals surface area contributed by atoms with Gasteiger partial charge in [-0.2, -0.15) is 0 Å². The van der Waals surface area contributed by atoms with Crippen LogP contribution in [0.4, 0.5) is 0 Å². The van der Waals surface area contributed by atoms with Gasteiger partial charge in [0.25, 0.3) is 0 Å². The van der Waals surface area contributed by atoms with Crippen LogP contribution >= 0.6 is 0 Å². The van der Waals surface area contributed by atoms with Gasteiger partial charge >= 0.3 is 0 Å². The van der Waals surface area contributed by atoms with Crippen LogP contribution in [0, 0.1) is 10.8 Å². The third-order valence-corrected chi connectivity index (χ3v) is 3.94. The fourth-order valence-electron chi connectivity index (χ4n) is 2.13. The Morgan fingerprint density at radius 3 is 2.18 bits per heavy atom. The summed E-state index contributed by atoms with van der Waals surface area (Å²) in [6, 6.07) is 0. The molecule has 0 aromatic rings. The number of ether oxygens (including phenoxy) is 4.